The van der Waals surface area contributed by atoms with Crippen molar-refractivity contribution >= 4 is 6.03 Å². The lowest BCUT2D eigenvalue weighted by Crippen LogP contribution is -2.50. The molecular weight excluding hydrogens is 365 g/mol. The summed E-state index contributed by atoms with van der Waals surface area (Å²) in [5, 5.41) is 0. The number of halogens is 1. The Morgan fingerprint density at radius 1 is 1.10 bits per heavy atom. The van der Waals surface area contributed by atoms with Crippen LogP contribution < -0.4 is 0 Å². The summed E-state index contributed by atoms with van der Waals surface area (Å²) in [6.07, 6.45) is 4.40. The van der Waals surface area contributed by atoms with Crippen molar-refractivity contribution in [3.63, 3.8) is 0 Å². The lowest BCUT2D eigenvalue weighted by atomic mass is 9.88. The molecular formula is C24H32FN3O. The molecule has 1 fully saturated rings. The Morgan fingerprint density at radius 2 is 1.79 bits per heavy atom. The Labute approximate surface area is 174 Å². The van der Waals surface area contributed by atoms with Crippen LogP contribution in [0.15, 0.2) is 60.7 Å². The molecule has 4 nitrogen and oxygen atoms in total. The minimum atomic E-state index is -0.286. The molecule has 0 spiro atoms. The normalized spacial score (nSPS) is 23.0. The molecule has 2 heterocycles. The molecule has 2 amide bonds. The molecule has 3 rings (SSSR count). The van der Waals surface area contributed by atoms with Gasteiger partial charge in [0.05, 0.1) is 6.04 Å². The van der Waals surface area contributed by atoms with Crippen molar-refractivity contribution < 1.29 is 9.18 Å². The maximum absolute atomic E-state index is 13.7. The molecule has 0 bridgehead atoms. The van der Waals surface area contributed by atoms with E-state index < -0.39 is 0 Å². The number of carbonyl (C=O) groups is 1. The summed E-state index contributed by atoms with van der Waals surface area (Å²) in [5.74, 6) is -0.284. The maximum atomic E-state index is 13.7. The first-order valence-corrected chi connectivity index (χ1v) is 10.2. The summed E-state index contributed by atoms with van der Waals surface area (Å²) in [4.78, 5) is 19.9. The SMILES string of the molecule is C=CC1=C(C=C)[C@H](c2ccc(F)cc2)N(C(=O)N2CCN(C)CC(C)(C)C2)CC1. The van der Waals surface area contributed by atoms with Gasteiger partial charge in [-0.3, -0.25) is 0 Å². The lowest BCUT2D eigenvalue weighted by Gasteiger charge is -2.41. The van der Waals surface area contributed by atoms with E-state index in [4.69, 9.17) is 0 Å². The second kappa shape index (κ2) is 8.54. The van der Waals surface area contributed by atoms with E-state index in [2.05, 4.69) is 39.0 Å². The largest absolute Gasteiger partial charge is 0.323 e. The zero-order valence-electron chi connectivity index (χ0n) is 17.8. The average Bonchev–Trinajstić information content (AvgIpc) is 2.83. The quantitative estimate of drug-likeness (QED) is 0.743. The van der Waals surface area contributed by atoms with E-state index in [0.29, 0.717) is 19.6 Å². The Morgan fingerprint density at radius 3 is 2.41 bits per heavy atom. The first-order chi connectivity index (χ1) is 13.8. The molecule has 0 N–H and O–H groups in total. The van der Waals surface area contributed by atoms with Crippen molar-refractivity contribution in [1.29, 1.82) is 0 Å². The topological polar surface area (TPSA) is 26.8 Å². The molecule has 2 aliphatic heterocycles. The fourth-order valence-electron chi connectivity index (χ4n) is 4.62. The summed E-state index contributed by atoms with van der Waals surface area (Å²) in [6, 6.07) is 6.17. The number of allylic oxidation sites excluding steroid dienone is 1. The van der Waals surface area contributed by atoms with E-state index in [1.807, 2.05) is 22.0 Å². The van der Waals surface area contributed by atoms with Crippen LogP contribution in [0.3, 0.4) is 0 Å². The molecule has 2 aliphatic rings. The first kappa shape index (κ1) is 21.3. The molecule has 0 aliphatic carbocycles. The molecule has 1 aromatic carbocycles. The van der Waals surface area contributed by atoms with Crippen LogP contribution >= 0.6 is 0 Å². The minimum Gasteiger partial charge on any atom is -0.323 e. The zero-order chi connectivity index (χ0) is 21.2. The molecule has 1 atom stereocenters. The Hall–Kier alpha value is -2.40. The van der Waals surface area contributed by atoms with Gasteiger partial charge in [0.1, 0.15) is 5.82 Å². The molecule has 29 heavy (non-hydrogen) atoms. The summed E-state index contributed by atoms with van der Waals surface area (Å²) in [5.41, 5.74) is 2.97. The maximum Gasteiger partial charge on any atom is 0.320 e. The van der Waals surface area contributed by atoms with Crippen LogP contribution in [-0.2, 0) is 0 Å². The van der Waals surface area contributed by atoms with Crippen LogP contribution in [0.5, 0.6) is 0 Å². The highest BCUT2D eigenvalue weighted by molar-refractivity contribution is 5.76. The van der Waals surface area contributed by atoms with Crippen molar-refractivity contribution in [3.8, 4) is 0 Å². The fourth-order valence-corrected chi connectivity index (χ4v) is 4.62. The molecule has 156 valence electrons. The number of rotatable bonds is 3. The number of likely N-dealkylation sites (N-methyl/N-ethyl adjacent to an activating group) is 1. The van der Waals surface area contributed by atoms with Crippen molar-refractivity contribution in [2.24, 2.45) is 5.41 Å². The van der Waals surface area contributed by atoms with Crippen molar-refractivity contribution in [2.75, 3.05) is 39.8 Å². The number of hydrogen-bond acceptors (Lipinski definition) is 2. The van der Waals surface area contributed by atoms with E-state index in [9.17, 15) is 9.18 Å². The van der Waals surface area contributed by atoms with E-state index in [1.54, 1.807) is 12.1 Å². The molecule has 0 unspecified atom stereocenters. The van der Waals surface area contributed by atoms with Crippen LogP contribution in [-0.4, -0.2) is 60.5 Å². The third-order valence-electron chi connectivity index (χ3n) is 5.84. The van der Waals surface area contributed by atoms with Gasteiger partial charge < -0.3 is 14.7 Å². The fraction of sp³-hybridized carbons (Fsp3) is 0.458. The molecule has 1 saturated heterocycles. The van der Waals surface area contributed by atoms with E-state index in [0.717, 1.165) is 36.2 Å². The van der Waals surface area contributed by atoms with Crippen LogP contribution in [0.4, 0.5) is 9.18 Å². The summed E-state index contributed by atoms with van der Waals surface area (Å²) in [7, 11) is 2.10. The smallest absolute Gasteiger partial charge is 0.320 e. The predicted octanol–water partition coefficient (Wildman–Crippen LogP) is 4.63. The number of carbonyl (C=O) groups excluding carboxylic acids is 1. The van der Waals surface area contributed by atoms with Gasteiger partial charge >= 0.3 is 6.03 Å². The third kappa shape index (κ3) is 4.61. The summed E-state index contributed by atoms with van der Waals surface area (Å²) >= 11 is 0. The number of amides is 2. The van der Waals surface area contributed by atoms with Gasteiger partial charge in [0.2, 0.25) is 0 Å². The van der Waals surface area contributed by atoms with Crippen molar-refractivity contribution in [1.82, 2.24) is 14.7 Å². The summed E-state index contributed by atoms with van der Waals surface area (Å²) in [6.45, 7) is 16.2. The van der Waals surface area contributed by atoms with Crippen LogP contribution in [0.25, 0.3) is 0 Å². The standard InChI is InChI=1S/C24H32FN3O/c1-6-18-12-13-28(22(21(18)7-2)19-8-10-20(25)11-9-19)23(29)27-15-14-26(5)16-24(3,4)17-27/h6-11,22H,1-2,12-17H2,3-5H3/t22-/m0/s1. The monoisotopic (exact) mass is 397 g/mol. The minimum absolute atomic E-state index is 0.0193. The highest BCUT2D eigenvalue weighted by Crippen LogP contribution is 2.38. The predicted molar refractivity (Wildman–Crippen MR) is 116 cm³/mol. The van der Waals surface area contributed by atoms with Gasteiger partial charge in [0, 0.05) is 32.7 Å². The number of hydrogen-bond donors (Lipinski definition) is 0. The van der Waals surface area contributed by atoms with Gasteiger partial charge in [-0.1, -0.05) is 51.3 Å². The molecule has 5 heteroatoms. The van der Waals surface area contributed by atoms with Gasteiger partial charge in [-0.25, -0.2) is 9.18 Å². The van der Waals surface area contributed by atoms with Crippen molar-refractivity contribution in [3.05, 3.63) is 72.1 Å². The van der Waals surface area contributed by atoms with E-state index in [-0.39, 0.29) is 23.3 Å². The third-order valence-corrected chi connectivity index (χ3v) is 5.84. The number of nitrogens with zero attached hydrogens (tertiary/aromatic N) is 3. The van der Waals surface area contributed by atoms with E-state index in [1.165, 1.54) is 12.1 Å². The van der Waals surface area contributed by atoms with Gasteiger partial charge in [0.25, 0.3) is 0 Å². The molecule has 0 aromatic heterocycles. The second-order valence-electron chi connectivity index (χ2n) is 8.89. The highest BCUT2D eigenvalue weighted by Gasteiger charge is 2.37. The van der Waals surface area contributed by atoms with Gasteiger partial charge in [0.15, 0.2) is 0 Å². The second-order valence-corrected chi connectivity index (χ2v) is 8.89. The molecule has 0 saturated carbocycles. The first-order valence-electron chi connectivity index (χ1n) is 10.2. The van der Waals surface area contributed by atoms with Gasteiger partial charge in [-0.15, -0.1) is 0 Å². The molecule has 1 aromatic rings. The van der Waals surface area contributed by atoms with Crippen molar-refractivity contribution in [2.45, 2.75) is 26.3 Å². The Bertz CT molecular complexity index is 812. The Balaban J connectivity index is 1.98. The zero-order valence-corrected chi connectivity index (χ0v) is 17.8. The lowest BCUT2D eigenvalue weighted by molar-refractivity contribution is 0.126. The molecule has 0 radical (unpaired) electrons. The summed E-state index contributed by atoms with van der Waals surface area (Å²) < 4.78 is 13.5. The van der Waals surface area contributed by atoms with Crippen LogP contribution in [0.2, 0.25) is 0 Å². The average molecular weight is 398 g/mol. The number of urea groups is 1. The Kier molecular flexibility index (Phi) is 6.27. The van der Waals surface area contributed by atoms with E-state index >= 15 is 0 Å². The van der Waals surface area contributed by atoms with Gasteiger partial charge in [-0.2, -0.15) is 0 Å². The van der Waals surface area contributed by atoms with Gasteiger partial charge in [-0.05, 0) is 47.7 Å². The highest BCUT2D eigenvalue weighted by atomic mass is 19.1. The van der Waals surface area contributed by atoms with Crippen LogP contribution in [0, 0.1) is 11.2 Å². The number of benzene rings is 1. The van der Waals surface area contributed by atoms with Crippen LogP contribution in [0.1, 0.15) is 31.9 Å².